The number of carbonyl (C=O) groups excluding carboxylic acids is 1. The van der Waals surface area contributed by atoms with Crippen molar-refractivity contribution in [3.63, 3.8) is 0 Å². The van der Waals surface area contributed by atoms with Gasteiger partial charge in [-0.15, -0.1) is 0 Å². The fourth-order valence-corrected chi connectivity index (χ4v) is 2.19. The van der Waals surface area contributed by atoms with E-state index in [-0.39, 0.29) is 12.4 Å². The zero-order valence-corrected chi connectivity index (χ0v) is 12.2. The van der Waals surface area contributed by atoms with Crippen molar-refractivity contribution in [2.75, 3.05) is 7.11 Å². The lowest BCUT2D eigenvalue weighted by molar-refractivity contribution is -0.140. The molecule has 0 saturated carbocycles. The van der Waals surface area contributed by atoms with Crippen LogP contribution in [0.25, 0.3) is 11.0 Å². The topological polar surface area (TPSA) is 88.8 Å². The molecular formula is C15H15F2NO5. The van der Waals surface area contributed by atoms with Gasteiger partial charge in [0.15, 0.2) is 5.76 Å². The zero-order valence-electron chi connectivity index (χ0n) is 12.2. The van der Waals surface area contributed by atoms with Crippen LogP contribution in [0.2, 0.25) is 0 Å². The molecule has 1 aromatic heterocycles. The molecule has 0 radical (unpaired) electrons. The number of halogens is 2. The van der Waals surface area contributed by atoms with Crippen LogP contribution in [0, 0.1) is 0 Å². The van der Waals surface area contributed by atoms with Crippen LogP contribution >= 0.6 is 0 Å². The molecule has 0 bridgehead atoms. The standard InChI is InChI=1S/C15H15F2NO5/c1-22-7-9-8-4-2-3-5-11(8)23-13(9)14(19)18-10(15(20)21)6-12(16)17/h2-5,10,12H,6-7H2,1H3,(H,18,19)(H,20,21). The second-order valence-corrected chi connectivity index (χ2v) is 4.83. The number of benzene rings is 1. The van der Waals surface area contributed by atoms with E-state index in [9.17, 15) is 18.4 Å². The molecule has 2 aromatic rings. The number of methoxy groups -OCH3 is 1. The van der Waals surface area contributed by atoms with Gasteiger partial charge in [-0.3, -0.25) is 4.79 Å². The number of furan rings is 1. The van der Waals surface area contributed by atoms with Crippen LogP contribution in [-0.2, 0) is 16.1 Å². The number of ether oxygens (including phenoxy) is 1. The van der Waals surface area contributed by atoms with Crippen molar-refractivity contribution in [2.45, 2.75) is 25.5 Å². The van der Waals surface area contributed by atoms with Crippen molar-refractivity contribution in [1.82, 2.24) is 5.32 Å². The Balaban J connectivity index is 2.32. The first-order valence-electron chi connectivity index (χ1n) is 6.75. The maximum atomic E-state index is 12.4. The Hall–Kier alpha value is -2.48. The Morgan fingerprint density at radius 3 is 2.65 bits per heavy atom. The Kier molecular flexibility index (Phi) is 5.28. The van der Waals surface area contributed by atoms with Crippen LogP contribution in [0.15, 0.2) is 28.7 Å². The average molecular weight is 327 g/mol. The summed E-state index contributed by atoms with van der Waals surface area (Å²) in [7, 11) is 1.43. The summed E-state index contributed by atoms with van der Waals surface area (Å²) < 4.78 is 35.3. The van der Waals surface area contributed by atoms with Crippen molar-refractivity contribution >= 4 is 22.8 Å². The number of amides is 1. The summed E-state index contributed by atoms with van der Waals surface area (Å²) in [4.78, 5) is 23.2. The third-order valence-corrected chi connectivity index (χ3v) is 3.21. The number of carboxylic acids is 1. The first kappa shape index (κ1) is 16.9. The van der Waals surface area contributed by atoms with Gasteiger partial charge in [-0.05, 0) is 6.07 Å². The molecule has 1 heterocycles. The van der Waals surface area contributed by atoms with Crippen molar-refractivity contribution in [1.29, 1.82) is 0 Å². The molecule has 1 unspecified atom stereocenters. The first-order chi connectivity index (χ1) is 10.9. The maximum Gasteiger partial charge on any atom is 0.326 e. The van der Waals surface area contributed by atoms with E-state index in [1.165, 1.54) is 7.11 Å². The lowest BCUT2D eigenvalue weighted by Crippen LogP contribution is -2.42. The fourth-order valence-electron chi connectivity index (χ4n) is 2.19. The van der Waals surface area contributed by atoms with Crippen LogP contribution in [0.4, 0.5) is 8.78 Å². The zero-order chi connectivity index (χ0) is 17.0. The van der Waals surface area contributed by atoms with Gasteiger partial charge >= 0.3 is 5.97 Å². The van der Waals surface area contributed by atoms with E-state index in [4.69, 9.17) is 14.3 Å². The molecule has 2 N–H and O–H groups in total. The molecule has 0 aliphatic rings. The highest BCUT2D eigenvalue weighted by molar-refractivity contribution is 6.00. The number of carboxylic acid groups (broad SMARTS) is 1. The predicted octanol–water partition coefficient (Wildman–Crippen LogP) is 2.42. The van der Waals surface area contributed by atoms with E-state index in [0.29, 0.717) is 16.5 Å². The highest BCUT2D eigenvalue weighted by Gasteiger charge is 2.28. The maximum absolute atomic E-state index is 12.4. The van der Waals surface area contributed by atoms with E-state index in [1.54, 1.807) is 24.3 Å². The number of rotatable bonds is 7. The molecule has 2 rings (SSSR count). The third-order valence-electron chi connectivity index (χ3n) is 3.21. The van der Waals surface area contributed by atoms with Crippen LogP contribution in [0.1, 0.15) is 22.5 Å². The average Bonchev–Trinajstić information content (AvgIpc) is 2.85. The van der Waals surface area contributed by atoms with Gasteiger partial charge in [0, 0.05) is 24.5 Å². The molecule has 124 valence electrons. The number of fused-ring (bicyclic) bond motifs is 1. The summed E-state index contributed by atoms with van der Waals surface area (Å²) in [6, 6.07) is 5.11. The number of aliphatic carboxylic acids is 1. The minimum atomic E-state index is -2.86. The molecule has 0 saturated heterocycles. The van der Waals surface area contributed by atoms with Crippen molar-refractivity contribution < 1.29 is 32.6 Å². The van der Waals surface area contributed by atoms with Crippen molar-refractivity contribution in [2.24, 2.45) is 0 Å². The van der Waals surface area contributed by atoms with Gasteiger partial charge in [0.1, 0.15) is 11.6 Å². The largest absolute Gasteiger partial charge is 0.480 e. The molecule has 0 aliphatic heterocycles. The van der Waals surface area contributed by atoms with Gasteiger partial charge < -0.3 is 19.6 Å². The van der Waals surface area contributed by atoms with Gasteiger partial charge in [0.05, 0.1) is 6.61 Å². The highest BCUT2D eigenvalue weighted by Crippen LogP contribution is 2.26. The summed E-state index contributed by atoms with van der Waals surface area (Å²) in [5.41, 5.74) is 0.854. The normalized spacial score (nSPS) is 12.5. The monoisotopic (exact) mass is 327 g/mol. The van der Waals surface area contributed by atoms with E-state index in [1.807, 2.05) is 0 Å². The Morgan fingerprint density at radius 1 is 1.35 bits per heavy atom. The number of hydrogen-bond acceptors (Lipinski definition) is 4. The molecule has 8 heteroatoms. The van der Waals surface area contributed by atoms with Crippen LogP contribution in [-0.4, -0.2) is 36.6 Å². The van der Waals surface area contributed by atoms with Crippen LogP contribution in [0.5, 0.6) is 0 Å². The number of para-hydroxylation sites is 1. The quantitative estimate of drug-likeness (QED) is 0.815. The first-order valence-corrected chi connectivity index (χ1v) is 6.75. The van der Waals surface area contributed by atoms with Gasteiger partial charge in [-0.2, -0.15) is 0 Å². The SMILES string of the molecule is COCc1c(C(=O)NC(CC(F)F)C(=O)O)oc2ccccc12. The van der Waals surface area contributed by atoms with Gasteiger partial charge in [0.25, 0.3) is 5.91 Å². The highest BCUT2D eigenvalue weighted by atomic mass is 19.3. The summed E-state index contributed by atoms with van der Waals surface area (Å²) in [5.74, 6) is -2.56. The lowest BCUT2D eigenvalue weighted by atomic mass is 10.1. The van der Waals surface area contributed by atoms with Crippen molar-refractivity contribution in [3.05, 3.63) is 35.6 Å². The van der Waals surface area contributed by atoms with Crippen LogP contribution < -0.4 is 5.32 Å². The molecule has 0 spiro atoms. The number of carbonyl (C=O) groups is 2. The lowest BCUT2D eigenvalue weighted by Gasteiger charge is -2.13. The fraction of sp³-hybridized carbons (Fsp3) is 0.333. The molecule has 1 atom stereocenters. The molecule has 0 fully saturated rings. The van der Waals surface area contributed by atoms with E-state index >= 15 is 0 Å². The summed E-state index contributed by atoms with van der Waals surface area (Å²) in [6.45, 7) is 0.0619. The van der Waals surface area contributed by atoms with E-state index in [2.05, 4.69) is 5.32 Å². The number of alkyl halides is 2. The van der Waals surface area contributed by atoms with Gasteiger partial charge in [-0.1, -0.05) is 18.2 Å². The minimum absolute atomic E-state index is 0.0619. The Bertz CT molecular complexity index is 713. The second-order valence-electron chi connectivity index (χ2n) is 4.83. The van der Waals surface area contributed by atoms with E-state index in [0.717, 1.165) is 0 Å². The molecule has 23 heavy (non-hydrogen) atoms. The molecule has 1 aromatic carbocycles. The molecule has 6 nitrogen and oxygen atoms in total. The smallest absolute Gasteiger partial charge is 0.326 e. The number of hydrogen-bond donors (Lipinski definition) is 2. The Labute approximate surface area is 130 Å². The summed E-state index contributed by atoms with van der Waals surface area (Å²) in [5, 5.41) is 11.6. The van der Waals surface area contributed by atoms with E-state index < -0.39 is 30.8 Å². The molecular weight excluding hydrogens is 312 g/mol. The second kappa shape index (κ2) is 7.19. The van der Waals surface area contributed by atoms with Crippen LogP contribution in [0.3, 0.4) is 0 Å². The summed E-state index contributed by atoms with van der Waals surface area (Å²) >= 11 is 0. The van der Waals surface area contributed by atoms with Gasteiger partial charge in [0.2, 0.25) is 6.43 Å². The number of nitrogens with one attached hydrogen (secondary N) is 1. The third kappa shape index (κ3) is 3.84. The minimum Gasteiger partial charge on any atom is -0.480 e. The molecule has 1 amide bonds. The molecule has 0 aliphatic carbocycles. The predicted molar refractivity (Wildman–Crippen MR) is 76.4 cm³/mol. The van der Waals surface area contributed by atoms with Gasteiger partial charge in [-0.25, -0.2) is 13.6 Å². The van der Waals surface area contributed by atoms with Crippen molar-refractivity contribution in [3.8, 4) is 0 Å². The summed E-state index contributed by atoms with van der Waals surface area (Å²) in [6.07, 6.45) is -3.84. The Morgan fingerprint density at radius 2 is 2.04 bits per heavy atom.